The number of hydrogen-bond acceptors (Lipinski definition) is 2. The highest BCUT2D eigenvalue weighted by Crippen LogP contribution is 2.20. The van der Waals surface area contributed by atoms with Gasteiger partial charge >= 0.3 is 0 Å². The summed E-state index contributed by atoms with van der Waals surface area (Å²) in [6.07, 6.45) is 7.52. The molecule has 1 aliphatic heterocycles. The fourth-order valence-corrected chi connectivity index (χ4v) is 2.35. The predicted octanol–water partition coefficient (Wildman–Crippen LogP) is 2.15. The maximum atomic E-state index is 11.9. The summed E-state index contributed by atoms with van der Waals surface area (Å²) in [6, 6.07) is 0. The van der Waals surface area contributed by atoms with E-state index in [-0.39, 0.29) is 0 Å². The predicted molar refractivity (Wildman–Crippen MR) is 67.1 cm³/mol. The monoisotopic (exact) mass is 226 g/mol. The van der Waals surface area contributed by atoms with Gasteiger partial charge in [-0.3, -0.25) is 4.79 Å². The summed E-state index contributed by atoms with van der Waals surface area (Å²) in [6.45, 7) is 4.95. The Bertz CT molecular complexity index is 198. The Labute approximate surface area is 99.4 Å². The second-order valence-corrected chi connectivity index (χ2v) is 4.83. The standard InChI is InChI=1S/C13H26N2O/c1-2-12-7-10-15(11-8-12)13(16)6-4-3-5-9-14/h12H,2-11,14H2,1H3. The highest BCUT2D eigenvalue weighted by atomic mass is 16.2. The van der Waals surface area contributed by atoms with Crippen LogP contribution in [0.2, 0.25) is 0 Å². The van der Waals surface area contributed by atoms with Crippen molar-refractivity contribution in [2.24, 2.45) is 11.7 Å². The number of nitrogens with two attached hydrogens (primary N) is 1. The molecule has 1 heterocycles. The van der Waals surface area contributed by atoms with E-state index in [9.17, 15) is 4.79 Å². The van der Waals surface area contributed by atoms with Crippen molar-refractivity contribution >= 4 is 5.91 Å². The van der Waals surface area contributed by atoms with Gasteiger partial charge in [0.1, 0.15) is 0 Å². The van der Waals surface area contributed by atoms with Crippen molar-refractivity contribution in [2.75, 3.05) is 19.6 Å². The third kappa shape index (κ3) is 4.52. The number of carbonyl (C=O) groups excluding carboxylic acids is 1. The summed E-state index contributed by atoms with van der Waals surface area (Å²) >= 11 is 0. The molecule has 0 unspecified atom stereocenters. The Morgan fingerprint density at radius 3 is 2.50 bits per heavy atom. The summed E-state index contributed by atoms with van der Waals surface area (Å²) in [5, 5.41) is 0. The average molecular weight is 226 g/mol. The molecule has 16 heavy (non-hydrogen) atoms. The summed E-state index contributed by atoms with van der Waals surface area (Å²) in [5.74, 6) is 1.20. The number of unbranched alkanes of at least 4 members (excludes halogenated alkanes) is 2. The Balaban J connectivity index is 2.13. The molecule has 1 aliphatic rings. The topological polar surface area (TPSA) is 46.3 Å². The second kappa shape index (κ2) is 7.66. The number of nitrogens with zero attached hydrogens (tertiary/aromatic N) is 1. The van der Waals surface area contributed by atoms with Gasteiger partial charge in [-0.1, -0.05) is 19.8 Å². The van der Waals surface area contributed by atoms with E-state index >= 15 is 0 Å². The van der Waals surface area contributed by atoms with Crippen LogP contribution in [-0.2, 0) is 4.79 Å². The van der Waals surface area contributed by atoms with Crippen LogP contribution >= 0.6 is 0 Å². The second-order valence-electron chi connectivity index (χ2n) is 4.83. The zero-order valence-electron chi connectivity index (χ0n) is 10.6. The van der Waals surface area contributed by atoms with E-state index in [2.05, 4.69) is 11.8 Å². The van der Waals surface area contributed by atoms with Crippen molar-refractivity contribution in [3.63, 3.8) is 0 Å². The van der Waals surface area contributed by atoms with Crippen molar-refractivity contribution in [1.29, 1.82) is 0 Å². The number of rotatable bonds is 6. The van der Waals surface area contributed by atoms with Gasteiger partial charge in [0.25, 0.3) is 0 Å². The Morgan fingerprint density at radius 1 is 1.25 bits per heavy atom. The summed E-state index contributed by atoms with van der Waals surface area (Å²) in [4.78, 5) is 13.9. The average Bonchev–Trinajstić information content (AvgIpc) is 2.34. The van der Waals surface area contributed by atoms with Crippen LogP contribution in [0.3, 0.4) is 0 Å². The molecule has 0 aromatic heterocycles. The smallest absolute Gasteiger partial charge is 0.222 e. The molecule has 0 aromatic rings. The first-order chi connectivity index (χ1) is 7.77. The van der Waals surface area contributed by atoms with Gasteiger partial charge in [0.15, 0.2) is 0 Å². The molecule has 0 saturated carbocycles. The van der Waals surface area contributed by atoms with E-state index in [0.717, 1.165) is 51.2 Å². The van der Waals surface area contributed by atoms with Crippen LogP contribution in [0.25, 0.3) is 0 Å². The quantitative estimate of drug-likeness (QED) is 0.705. The van der Waals surface area contributed by atoms with Crippen molar-refractivity contribution in [1.82, 2.24) is 4.90 Å². The van der Waals surface area contributed by atoms with Crippen LogP contribution in [0, 0.1) is 5.92 Å². The highest BCUT2D eigenvalue weighted by Gasteiger charge is 2.20. The lowest BCUT2D eigenvalue weighted by Crippen LogP contribution is -2.38. The SMILES string of the molecule is CCC1CCN(C(=O)CCCCCN)CC1. The molecule has 0 atom stereocenters. The minimum atomic E-state index is 0.353. The first kappa shape index (κ1) is 13.5. The van der Waals surface area contributed by atoms with Gasteiger partial charge in [0.2, 0.25) is 5.91 Å². The lowest BCUT2D eigenvalue weighted by Gasteiger charge is -2.31. The Morgan fingerprint density at radius 2 is 1.94 bits per heavy atom. The van der Waals surface area contributed by atoms with E-state index < -0.39 is 0 Å². The van der Waals surface area contributed by atoms with Crippen LogP contribution in [-0.4, -0.2) is 30.4 Å². The van der Waals surface area contributed by atoms with E-state index in [1.54, 1.807) is 0 Å². The molecule has 3 heteroatoms. The molecule has 0 aromatic carbocycles. The van der Waals surface area contributed by atoms with Gasteiger partial charge in [0.05, 0.1) is 0 Å². The molecular weight excluding hydrogens is 200 g/mol. The van der Waals surface area contributed by atoms with Crippen molar-refractivity contribution in [2.45, 2.75) is 51.9 Å². The minimum Gasteiger partial charge on any atom is -0.343 e. The van der Waals surface area contributed by atoms with Crippen molar-refractivity contribution in [3.05, 3.63) is 0 Å². The fraction of sp³-hybridized carbons (Fsp3) is 0.923. The number of likely N-dealkylation sites (tertiary alicyclic amines) is 1. The minimum absolute atomic E-state index is 0.353. The largest absolute Gasteiger partial charge is 0.343 e. The first-order valence-corrected chi connectivity index (χ1v) is 6.75. The molecule has 3 nitrogen and oxygen atoms in total. The lowest BCUT2D eigenvalue weighted by molar-refractivity contribution is -0.132. The molecular formula is C13H26N2O. The fourth-order valence-electron chi connectivity index (χ4n) is 2.35. The van der Waals surface area contributed by atoms with Gasteiger partial charge in [-0.15, -0.1) is 0 Å². The first-order valence-electron chi connectivity index (χ1n) is 6.75. The van der Waals surface area contributed by atoms with Crippen LogP contribution in [0.4, 0.5) is 0 Å². The highest BCUT2D eigenvalue weighted by molar-refractivity contribution is 5.76. The van der Waals surface area contributed by atoms with Gasteiger partial charge in [0, 0.05) is 19.5 Å². The summed E-state index contributed by atoms with van der Waals surface area (Å²) < 4.78 is 0. The Hall–Kier alpha value is -0.570. The van der Waals surface area contributed by atoms with Crippen molar-refractivity contribution < 1.29 is 4.79 Å². The maximum absolute atomic E-state index is 11.9. The summed E-state index contributed by atoms with van der Waals surface area (Å²) in [5.41, 5.74) is 5.42. The molecule has 1 fully saturated rings. The molecule has 0 radical (unpaired) electrons. The van der Waals surface area contributed by atoms with Gasteiger partial charge in [-0.2, -0.15) is 0 Å². The van der Waals surface area contributed by atoms with E-state index in [0.29, 0.717) is 5.91 Å². The zero-order valence-corrected chi connectivity index (χ0v) is 10.6. The molecule has 0 spiro atoms. The molecule has 94 valence electrons. The van der Waals surface area contributed by atoms with Crippen LogP contribution < -0.4 is 5.73 Å². The number of amides is 1. The Kier molecular flexibility index (Phi) is 6.46. The third-order valence-electron chi connectivity index (χ3n) is 3.64. The number of hydrogen-bond donors (Lipinski definition) is 1. The molecule has 1 amide bonds. The molecule has 2 N–H and O–H groups in total. The van der Waals surface area contributed by atoms with Crippen LogP contribution in [0.15, 0.2) is 0 Å². The molecule has 0 aliphatic carbocycles. The van der Waals surface area contributed by atoms with Crippen LogP contribution in [0.5, 0.6) is 0 Å². The normalized spacial score (nSPS) is 17.8. The van der Waals surface area contributed by atoms with Crippen molar-refractivity contribution in [3.8, 4) is 0 Å². The van der Waals surface area contributed by atoms with E-state index in [1.807, 2.05) is 0 Å². The molecule has 1 rings (SSSR count). The van der Waals surface area contributed by atoms with Gasteiger partial charge < -0.3 is 10.6 Å². The van der Waals surface area contributed by atoms with E-state index in [4.69, 9.17) is 5.73 Å². The molecule has 0 bridgehead atoms. The summed E-state index contributed by atoms with van der Waals surface area (Å²) in [7, 11) is 0. The van der Waals surface area contributed by atoms with E-state index in [1.165, 1.54) is 19.3 Å². The van der Waals surface area contributed by atoms with Gasteiger partial charge in [-0.25, -0.2) is 0 Å². The molecule has 1 saturated heterocycles. The lowest BCUT2D eigenvalue weighted by atomic mass is 9.94. The van der Waals surface area contributed by atoms with Gasteiger partial charge in [-0.05, 0) is 38.1 Å². The maximum Gasteiger partial charge on any atom is 0.222 e. The number of piperidine rings is 1. The number of carbonyl (C=O) groups is 1. The zero-order chi connectivity index (χ0) is 11.8. The third-order valence-corrected chi connectivity index (χ3v) is 3.64. The van der Waals surface area contributed by atoms with Crippen LogP contribution in [0.1, 0.15) is 51.9 Å².